The maximum atomic E-state index is 10.8. The summed E-state index contributed by atoms with van der Waals surface area (Å²) in [7, 11) is 0. The molecule has 0 saturated carbocycles. The lowest BCUT2D eigenvalue weighted by Crippen LogP contribution is -2.26. The first-order valence-corrected chi connectivity index (χ1v) is 3.58. The highest BCUT2D eigenvalue weighted by Gasteiger charge is 2.19. The molecule has 1 amide bonds. The summed E-state index contributed by atoms with van der Waals surface area (Å²) in [5.41, 5.74) is 0.343. The van der Waals surface area contributed by atoms with Gasteiger partial charge in [-0.3, -0.25) is 4.79 Å². The molecule has 1 N–H and O–H groups in total. The van der Waals surface area contributed by atoms with Gasteiger partial charge < -0.3 is 10.1 Å². The van der Waals surface area contributed by atoms with E-state index in [4.69, 9.17) is 16.3 Å². The smallest absolute Gasteiger partial charge is 0.262 e. The molecule has 0 radical (unpaired) electrons. The predicted molar refractivity (Wildman–Crippen MR) is 41.2 cm³/mol. The van der Waals surface area contributed by atoms with Gasteiger partial charge in [-0.15, -0.1) is 0 Å². The minimum Gasteiger partial charge on any atom is -0.466 e. The van der Waals surface area contributed by atoms with Crippen LogP contribution in [0.25, 0.3) is 0 Å². The molecule has 0 unspecified atom stereocenters. The molecule has 0 bridgehead atoms. The highest BCUT2D eigenvalue weighted by atomic mass is 35.5. The number of nitrogens with one attached hydrogen (secondary N) is 1. The summed E-state index contributed by atoms with van der Waals surface area (Å²) in [5, 5.41) is 2.70. The Morgan fingerprint density at radius 1 is 1.58 bits per heavy atom. The zero-order valence-electron chi connectivity index (χ0n) is 5.87. The van der Waals surface area contributed by atoms with Crippen molar-refractivity contribution >= 4 is 23.2 Å². The average molecular weight is 186 g/mol. The van der Waals surface area contributed by atoms with Crippen molar-refractivity contribution < 1.29 is 9.53 Å². The first-order chi connectivity index (χ1) is 5.77. The number of nitrogens with zero attached hydrogens (tertiary/aromatic N) is 2. The van der Waals surface area contributed by atoms with E-state index in [1.807, 2.05) is 0 Å². The van der Waals surface area contributed by atoms with Crippen molar-refractivity contribution in [1.29, 1.82) is 0 Å². The number of halogens is 1. The van der Waals surface area contributed by atoms with Crippen molar-refractivity contribution in [2.75, 3.05) is 11.9 Å². The van der Waals surface area contributed by atoms with Crippen LogP contribution in [0.3, 0.4) is 0 Å². The third-order valence-corrected chi connectivity index (χ3v) is 1.66. The van der Waals surface area contributed by atoms with E-state index < -0.39 is 0 Å². The summed E-state index contributed by atoms with van der Waals surface area (Å²) in [6, 6.07) is 0. The molecule has 2 rings (SSSR count). The van der Waals surface area contributed by atoms with Crippen molar-refractivity contribution in [3.05, 3.63) is 11.5 Å². The highest BCUT2D eigenvalue weighted by Crippen LogP contribution is 2.29. The molecule has 2 heterocycles. The highest BCUT2D eigenvalue weighted by molar-refractivity contribution is 6.32. The molecule has 0 aromatic carbocycles. The van der Waals surface area contributed by atoms with Gasteiger partial charge in [0, 0.05) is 0 Å². The van der Waals surface area contributed by atoms with Crippen LogP contribution in [0.5, 0.6) is 5.88 Å². The maximum Gasteiger partial charge on any atom is 0.262 e. The Kier molecular flexibility index (Phi) is 1.58. The number of carbonyl (C=O) groups is 1. The second-order valence-electron chi connectivity index (χ2n) is 2.18. The number of aromatic nitrogens is 2. The minimum atomic E-state index is -0.251. The van der Waals surface area contributed by atoms with E-state index in [0.717, 1.165) is 0 Å². The number of anilines is 1. The number of hydrogen-bond donors (Lipinski definition) is 1. The summed E-state index contributed by atoms with van der Waals surface area (Å²) < 4.78 is 4.97. The lowest BCUT2D eigenvalue weighted by Gasteiger charge is -2.16. The quantitative estimate of drug-likeness (QED) is 0.597. The van der Waals surface area contributed by atoms with Gasteiger partial charge in [-0.25, -0.2) is 4.98 Å². The van der Waals surface area contributed by atoms with Gasteiger partial charge >= 0.3 is 0 Å². The summed E-state index contributed by atoms with van der Waals surface area (Å²) in [4.78, 5) is 18.3. The number of carbonyl (C=O) groups excluding carboxylic acids is 1. The zero-order valence-corrected chi connectivity index (χ0v) is 6.63. The fraction of sp³-hybridized carbons (Fsp3) is 0.167. The fourth-order valence-corrected chi connectivity index (χ4v) is 1.04. The van der Waals surface area contributed by atoms with Crippen LogP contribution >= 0.6 is 11.6 Å². The van der Waals surface area contributed by atoms with E-state index in [2.05, 4.69) is 15.3 Å². The molecule has 1 aromatic rings. The number of ether oxygens (including phenoxy) is 1. The molecule has 12 heavy (non-hydrogen) atoms. The third kappa shape index (κ3) is 1.08. The molecule has 1 aliphatic heterocycles. The summed E-state index contributed by atoms with van der Waals surface area (Å²) >= 11 is 5.66. The lowest BCUT2D eigenvalue weighted by molar-refractivity contribution is -0.118. The Morgan fingerprint density at radius 2 is 2.42 bits per heavy atom. The second kappa shape index (κ2) is 2.60. The van der Waals surface area contributed by atoms with Crippen molar-refractivity contribution in [3.8, 4) is 5.88 Å². The van der Waals surface area contributed by atoms with Gasteiger partial charge in [0.05, 0.1) is 0 Å². The average Bonchev–Trinajstić information content (AvgIpc) is 2.07. The largest absolute Gasteiger partial charge is 0.466 e. The Morgan fingerprint density at radius 3 is 3.25 bits per heavy atom. The second-order valence-corrected chi connectivity index (χ2v) is 2.54. The summed E-state index contributed by atoms with van der Waals surface area (Å²) in [5.74, 6) is 0.0637. The minimum absolute atomic E-state index is 0.0274. The molecule has 0 atom stereocenters. The molecule has 0 aliphatic carbocycles. The van der Waals surface area contributed by atoms with E-state index in [1.165, 1.54) is 6.33 Å². The van der Waals surface area contributed by atoms with Crippen LogP contribution in [-0.4, -0.2) is 22.5 Å². The van der Waals surface area contributed by atoms with Gasteiger partial charge in [-0.2, -0.15) is 4.98 Å². The Labute approximate surface area is 72.7 Å². The van der Waals surface area contributed by atoms with Crippen LogP contribution < -0.4 is 10.1 Å². The zero-order chi connectivity index (χ0) is 8.55. The molecular weight excluding hydrogens is 182 g/mol. The van der Waals surface area contributed by atoms with E-state index in [-0.39, 0.29) is 17.7 Å². The van der Waals surface area contributed by atoms with Crippen molar-refractivity contribution in [2.24, 2.45) is 0 Å². The molecule has 0 spiro atoms. The standard InChI is InChI=1S/C6H4ClN3O2/c7-5-4-6(9-2-8-5)12-1-3(11)10-4/h2H,1H2,(H,10,11). The van der Waals surface area contributed by atoms with Crippen LogP contribution in [0, 0.1) is 0 Å². The van der Waals surface area contributed by atoms with E-state index in [1.54, 1.807) is 0 Å². The Hall–Kier alpha value is -1.36. The maximum absolute atomic E-state index is 10.8. The van der Waals surface area contributed by atoms with Crippen molar-refractivity contribution in [2.45, 2.75) is 0 Å². The SMILES string of the molecule is O=C1COc2ncnc(Cl)c2N1. The molecule has 5 nitrogen and oxygen atoms in total. The van der Waals surface area contributed by atoms with Gasteiger partial charge in [0.1, 0.15) is 12.0 Å². The van der Waals surface area contributed by atoms with Crippen molar-refractivity contribution in [1.82, 2.24) is 9.97 Å². The Bertz CT molecular complexity index is 342. The van der Waals surface area contributed by atoms with Gasteiger partial charge in [0.2, 0.25) is 5.88 Å². The van der Waals surface area contributed by atoms with Gasteiger partial charge in [0.15, 0.2) is 11.8 Å². The lowest BCUT2D eigenvalue weighted by atomic mass is 10.4. The Balaban J connectivity index is 2.50. The van der Waals surface area contributed by atoms with E-state index in [0.29, 0.717) is 11.6 Å². The molecule has 1 aliphatic rings. The van der Waals surface area contributed by atoms with E-state index in [9.17, 15) is 4.79 Å². The van der Waals surface area contributed by atoms with Crippen LogP contribution in [0.1, 0.15) is 0 Å². The monoisotopic (exact) mass is 185 g/mol. The van der Waals surface area contributed by atoms with Gasteiger partial charge in [-0.05, 0) is 0 Å². The number of rotatable bonds is 0. The number of hydrogen-bond acceptors (Lipinski definition) is 4. The molecule has 0 saturated heterocycles. The molecule has 1 aromatic heterocycles. The van der Waals surface area contributed by atoms with Crippen LogP contribution in [0.2, 0.25) is 5.15 Å². The predicted octanol–water partition coefficient (Wildman–Crippen LogP) is 0.461. The number of amides is 1. The molecule has 62 valence electrons. The normalized spacial score (nSPS) is 14.6. The van der Waals surface area contributed by atoms with E-state index >= 15 is 0 Å². The van der Waals surface area contributed by atoms with Crippen LogP contribution in [0.15, 0.2) is 6.33 Å². The topological polar surface area (TPSA) is 64.1 Å². The third-order valence-electron chi connectivity index (χ3n) is 1.37. The van der Waals surface area contributed by atoms with Crippen molar-refractivity contribution in [3.63, 3.8) is 0 Å². The van der Waals surface area contributed by atoms with Crippen LogP contribution in [-0.2, 0) is 4.79 Å². The first-order valence-electron chi connectivity index (χ1n) is 3.20. The molecule has 6 heteroatoms. The summed E-state index contributed by atoms with van der Waals surface area (Å²) in [6.45, 7) is -0.0274. The van der Waals surface area contributed by atoms with Gasteiger partial charge in [0.25, 0.3) is 5.91 Å². The fourth-order valence-electron chi connectivity index (χ4n) is 0.873. The first kappa shape index (κ1) is 7.30. The van der Waals surface area contributed by atoms with Gasteiger partial charge in [-0.1, -0.05) is 11.6 Å². The molecule has 0 fully saturated rings. The number of fused-ring (bicyclic) bond motifs is 1. The summed E-state index contributed by atoms with van der Waals surface area (Å²) in [6.07, 6.45) is 1.28. The molecular formula is C6H4ClN3O2. The van der Waals surface area contributed by atoms with Crippen LogP contribution in [0.4, 0.5) is 5.69 Å².